The van der Waals surface area contributed by atoms with E-state index in [-0.39, 0.29) is 5.56 Å². The molecule has 0 bridgehead atoms. The minimum Gasteiger partial charge on any atom is -0.493 e. The molecule has 1 N–H and O–H groups in total. The van der Waals surface area contributed by atoms with Gasteiger partial charge in [0, 0.05) is 18.0 Å². The Morgan fingerprint density at radius 3 is 3.00 bits per heavy atom. The number of rotatable bonds is 5. The van der Waals surface area contributed by atoms with Crippen molar-refractivity contribution in [1.82, 2.24) is 4.98 Å². The van der Waals surface area contributed by atoms with Crippen LogP contribution < -0.4 is 4.74 Å². The highest BCUT2D eigenvalue weighted by molar-refractivity contribution is 5.90. The van der Waals surface area contributed by atoms with Crippen LogP contribution in [0.25, 0.3) is 0 Å². The Hall–Kier alpha value is -1.58. The van der Waals surface area contributed by atoms with Gasteiger partial charge in [-0.15, -0.1) is 0 Å². The molecule has 0 atom stereocenters. The molecule has 86 valence electrons. The molecule has 4 heteroatoms. The molecule has 1 saturated carbocycles. The van der Waals surface area contributed by atoms with Crippen molar-refractivity contribution in [3.63, 3.8) is 0 Å². The third-order valence-electron chi connectivity index (χ3n) is 2.71. The van der Waals surface area contributed by atoms with Crippen LogP contribution in [0.15, 0.2) is 12.3 Å². The van der Waals surface area contributed by atoms with Crippen LogP contribution in [0.4, 0.5) is 0 Å². The number of pyridine rings is 1. The fourth-order valence-corrected chi connectivity index (χ4v) is 1.56. The van der Waals surface area contributed by atoms with E-state index in [1.54, 1.807) is 6.07 Å². The molecule has 0 aliphatic heterocycles. The first-order chi connectivity index (χ1) is 7.66. The van der Waals surface area contributed by atoms with Crippen LogP contribution >= 0.6 is 0 Å². The predicted octanol–water partition coefficient (Wildman–Crippen LogP) is 2.27. The Morgan fingerprint density at radius 2 is 2.38 bits per heavy atom. The molecule has 1 aliphatic carbocycles. The van der Waals surface area contributed by atoms with Crippen LogP contribution in [0.2, 0.25) is 0 Å². The van der Waals surface area contributed by atoms with Crippen LogP contribution in [0, 0.1) is 12.8 Å². The summed E-state index contributed by atoms with van der Waals surface area (Å²) in [7, 11) is 0. The summed E-state index contributed by atoms with van der Waals surface area (Å²) in [5, 5.41) is 8.96. The van der Waals surface area contributed by atoms with Gasteiger partial charge < -0.3 is 9.84 Å². The standard InChI is InChI=1S/C12H15NO3/c1-8-6-11(10(7-13-8)12(14)15)16-5-4-9-2-3-9/h6-7,9H,2-5H2,1H3,(H,14,15). The highest BCUT2D eigenvalue weighted by Crippen LogP contribution is 2.32. The van der Waals surface area contributed by atoms with Gasteiger partial charge in [0.1, 0.15) is 11.3 Å². The molecule has 1 heterocycles. The average Bonchev–Trinajstić information content (AvgIpc) is 3.01. The largest absolute Gasteiger partial charge is 0.493 e. The molecule has 1 aromatic heterocycles. The Labute approximate surface area is 94.3 Å². The van der Waals surface area contributed by atoms with Crippen molar-refractivity contribution in [2.24, 2.45) is 5.92 Å². The van der Waals surface area contributed by atoms with Gasteiger partial charge in [-0.25, -0.2) is 4.79 Å². The second-order valence-corrected chi connectivity index (χ2v) is 4.21. The molecule has 1 aliphatic rings. The smallest absolute Gasteiger partial charge is 0.341 e. The lowest BCUT2D eigenvalue weighted by Gasteiger charge is -2.08. The number of aromatic carboxylic acids is 1. The number of hydrogen-bond donors (Lipinski definition) is 1. The number of carboxylic acid groups (broad SMARTS) is 1. The van der Waals surface area contributed by atoms with Crippen molar-refractivity contribution in [3.8, 4) is 5.75 Å². The highest BCUT2D eigenvalue weighted by atomic mass is 16.5. The van der Waals surface area contributed by atoms with E-state index in [1.165, 1.54) is 19.0 Å². The first kappa shape index (κ1) is 10.9. The molecular formula is C12H15NO3. The Balaban J connectivity index is 2.03. The zero-order valence-corrected chi connectivity index (χ0v) is 9.27. The van der Waals surface area contributed by atoms with Crippen molar-refractivity contribution in [3.05, 3.63) is 23.5 Å². The summed E-state index contributed by atoms with van der Waals surface area (Å²) in [6.07, 6.45) is 4.93. The molecule has 0 saturated heterocycles. The van der Waals surface area contributed by atoms with E-state index < -0.39 is 5.97 Å². The number of ether oxygens (including phenoxy) is 1. The summed E-state index contributed by atoms with van der Waals surface area (Å²) in [4.78, 5) is 14.9. The minimum absolute atomic E-state index is 0.140. The Morgan fingerprint density at radius 1 is 1.62 bits per heavy atom. The summed E-state index contributed by atoms with van der Waals surface area (Å²) in [6, 6.07) is 1.68. The number of hydrogen-bond acceptors (Lipinski definition) is 3. The first-order valence-corrected chi connectivity index (χ1v) is 5.49. The van der Waals surface area contributed by atoms with Crippen molar-refractivity contribution in [2.45, 2.75) is 26.2 Å². The van der Waals surface area contributed by atoms with Crippen LogP contribution in [-0.2, 0) is 0 Å². The SMILES string of the molecule is Cc1cc(OCCC2CC2)c(C(=O)O)cn1. The molecule has 0 aromatic carbocycles. The third-order valence-corrected chi connectivity index (χ3v) is 2.71. The predicted molar refractivity (Wildman–Crippen MR) is 58.8 cm³/mol. The maximum Gasteiger partial charge on any atom is 0.341 e. The molecule has 1 aromatic rings. The maximum absolute atomic E-state index is 10.9. The lowest BCUT2D eigenvalue weighted by molar-refractivity contribution is 0.0691. The molecule has 0 spiro atoms. The van der Waals surface area contributed by atoms with Crippen molar-refractivity contribution >= 4 is 5.97 Å². The normalized spacial score (nSPS) is 14.8. The molecule has 0 unspecified atom stereocenters. The van der Waals surface area contributed by atoms with E-state index in [0.717, 1.165) is 18.0 Å². The van der Waals surface area contributed by atoms with E-state index in [4.69, 9.17) is 9.84 Å². The number of aryl methyl sites for hydroxylation is 1. The van der Waals surface area contributed by atoms with Crippen LogP contribution in [-0.4, -0.2) is 22.7 Å². The van der Waals surface area contributed by atoms with E-state index in [1.807, 2.05) is 6.92 Å². The van der Waals surface area contributed by atoms with Crippen molar-refractivity contribution in [2.75, 3.05) is 6.61 Å². The second kappa shape index (κ2) is 4.51. The summed E-state index contributed by atoms with van der Waals surface area (Å²) >= 11 is 0. The molecule has 1 fully saturated rings. The van der Waals surface area contributed by atoms with Gasteiger partial charge in [0.2, 0.25) is 0 Å². The van der Waals surface area contributed by atoms with E-state index in [0.29, 0.717) is 12.4 Å². The van der Waals surface area contributed by atoms with Gasteiger partial charge in [-0.3, -0.25) is 4.98 Å². The van der Waals surface area contributed by atoms with Gasteiger partial charge in [-0.1, -0.05) is 12.8 Å². The van der Waals surface area contributed by atoms with Gasteiger partial charge in [-0.05, 0) is 19.3 Å². The van der Waals surface area contributed by atoms with Crippen LogP contribution in [0.1, 0.15) is 35.3 Å². The maximum atomic E-state index is 10.9. The lowest BCUT2D eigenvalue weighted by Crippen LogP contribution is -2.06. The summed E-state index contributed by atoms with van der Waals surface area (Å²) < 4.78 is 5.51. The highest BCUT2D eigenvalue weighted by Gasteiger charge is 2.21. The van der Waals surface area contributed by atoms with E-state index >= 15 is 0 Å². The van der Waals surface area contributed by atoms with Gasteiger partial charge in [-0.2, -0.15) is 0 Å². The number of aromatic nitrogens is 1. The van der Waals surface area contributed by atoms with E-state index in [2.05, 4.69) is 4.98 Å². The van der Waals surface area contributed by atoms with Gasteiger partial charge in [0.25, 0.3) is 0 Å². The molecule has 0 amide bonds. The fraction of sp³-hybridized carbons (Fsp3) is 0.500. The second-order valence-electron chi connectivity index (χ2n) is 4.21. The average molecular weight is 221 g/mol. The zero-order valence-electron chi connectivity index (χ0n) is 9.27. The minimum atomic E-state index is -0.992. The summed E-state index contributed by atoms with van der Waals surface area (Å²) in [6.45, 7) is 2.41. The summed E-state index contributed by atoms with van der Waals surface area (Å²) in [5.74, 6) is 0.228. The fourth-order valence-electron chi connectivity index (χ4n) is 1.56. The molecule has 0 radical (unpaired) electrons. The molecular weight excluding hydrogens is 206 g/mol. The lowest BCUT2D eigenvalue weighted by atomic mass is 10.2. The van der Waals surface area contributed by atoms with Crippen LogP contribution in [0.3, 0.4) is 0 Å². The summed E-state index contributed by atoms with van der Waals surface area (Å²) in [5.41, 5.74) is 0.910. The van der Waals surface area contributed by atoms with Gasteiger partial charge in [0.15, 0.2) is 0 Å². The van der Waals surface area contributed by atoms with Crippen molar-refractivity contribution < 1.29 is 14.6 Å². The number of carboxylic acids is 1. The van der Waals surface area contributed by atoms with Crippen molar-refractivity contribution in [1.29, 1.82) is 0 Å². The zero-order chi connectivity index (χ0) is 11.5. The van der Waals surface area contributed by atoms with Gasteiger partial charge in [0.05, 0.1) is 6.61 Å². The Bertz CT molecular complexity index is 399. The third kappa shape index (κ3) is 2.72. The molecule has 4 nitrogen and oxygen atoms in total. The number of carbonyl (C=O) groups is 1. The topological polar surface area (TPSA) is 59.4 Å². The van der Waals surface area contributed by atoms with Gasteiger partial charge >= 0.3 is 5.97 Å². The Kier molecular flexibility index (Phi) is 3.08. The molecule has 2 rings (SSSR count). The van der Waals surface area contributed by atoms with Crippen LogP contribution in [0.5, 0.6) is 5.75 Å². The monoisotopic (exact) mass is 221 g/mol. The first-order valence-electron chi connectivity index (χ1n) is 5.49. The van der Waals surface area contributed by atoms with E-state index in [9.17, 15) is 4.79 Å². The quantitative estimate of drug-likeness (QED) is 0.828. The number of nitrogens with zero attached hydrogens (tertiary/aromatic N) is 1. The molecule has 16 heavy (non-hydrogen) atoms.